The van der Waals surface area contributed by atoms with E-state index in [-0.39, 0.29) is 0 Å². The summed E-state index contributed by atoms with van der Waals surface area (Å²) in [7, 11) is 2.10. The summed E-state index contributed by atoms with van der Waals surface area (Å²) in [5, 5.41) is 26.0. The second kappa shape index (κ2) is 16.4. The Hall–Kier alpha value is -6.98. The number of benzene rings is 8. The fraction of sp³-hybridized carbons (Fsp3) is 0.172. The van der Waals surface area contributed by atoms with Crippen LogP contribution in [-0.2, 0) is 0 Å². The number of allylic oxidation sites excluding steroid dienone is 1. The third-order valence-corrected chi connectivity index (χ3v) is 14.1. The highest BCUT2D eigenvalue weighted by Gasteiger charge is 2.27. The number of anilines is 6. The lowest BCUT2D eigenvalue weighted by Crippen LogP contribution is -2.20. The Morgan fingerprint density at radius 1 is 0.492 bits per heavy atom. The molecule has 5 heteroatoms. The zero-order chi connectivity index (χ0) is 44.3. The average Bonchev–Trinajstić information content (AvgIpc) is 3.32. The molecule has 63 heavy (non-hydrogen) atoms. The van der Waals surface area contributed by atoms with Crippen molar-refractivity contribution in [1.82, 2.24) is 0 Å². The van der Waals surface area contributed by atoms with Crippen molar-refractivity contribution in [3.63, 3.8) is 0 Å². The van der Waals surface area contributed by atoms with Crippen LogP contribution in [0.3, 0.4) is 0 Å². The summed E-state index contributed by atoms with van der Waals surface area (Å²) in [6.45, 7) is 16.9. The second-order valence-corrected chi connectivity index (χ2v) is 17.6. The molecule has 0 heterocycles. The Kier molecular flexibility index (Phi) is 10.8. The van der Waals surface area contributed by atoms with Crippen molar-refractivity contribution in [1.29, 1.82) is 0 Å². The number of aromatic hydroxyl groups is 2. The van der Waals surface area contributed by atoms with Crippen LogP contribution in [0.25, 0.3) is 39.1 Å². The van der Waals surface area contributed by atoms with Crippen LogP contribution < -0.4 is 15.3 Å². The number of hydrogen-bond donors (Lipinski definition) is 2. The van der Waals surface area contributed by atoms with Crippen molar-refractivity contribution in [3.05, 3.63) is 190 Å². The minimum absolute atomic E-state index is 0.306. The summed E-state index contributed by atoms with van der Waals surface area (Å²) >= 11 is 0. The van der Waals surface area contributed by atoms with Gasteiger partial charge in [-0.15, -0.1) is 0 Å². The standard InChI is InChI=1S/C58H55BN2O2/c1-34-15-11-22-51-49(34)21-14-24-53(51)61(56-39(6)37(4)54(59)41(8)58(56)63)48-31-27-43(28-32-48)46-19-12-18-45(33-46)42-25-29-47(30-26-42)60(52-23-13-17-44-16-9-10-20-50(44)52)55-38(5)35(2)36(3)40(7)57(55)62/h9-14,16-34,62-63H,15,59H2,1-8H3. The zero-order valence-corrected chi connectivity index (χ0v) is 37.9. The highest BCUT2D eigenvalue weighted by atomic mass is 16.3. The van der Waals surface area contributed by atoms with Gasteiger partial charge in [-0.3, -0.25) is 0 Å². The van der Waals surface area contributed by atoms with Crippen molar-refractivity contribution < 1.29 is 10.2 Å². The Bertz CT molecular complexity index is 3050. The molecule has 1 unspecified atom stereocenters. The molecule has 0 saturated carbocycles. The van der Waals surface area contributed by atoms with E-state index in [1.165, 1.54) is 22.3 Å². The van der Waals surface area contributed by atoms with E-state index in [4.69, 9.17) is 0 Å². The highest BCUT2D eigenvalue weighted by Crippen LogP contribution is 2.50. The molecule has 8 aromatic carbocycles. The molecule has 1 aliphatic carbocycles. The first-order valence-corrected chi connectivity index (χ1v) is 22.1. The Labute approximate surface area is 373 Å². The molecule has 1 aliphatic rings. The SMILES string of the molecule is Bc1c(C)c(C)c(N(c2ccc(-c3cccc(-c4ccc(N(c5c(C)c(C)c(C)c(C)c5O)c5cccc6ccccc56)cc4)c3)cc2)c2cccc3c2C=CCC3C)c(O)c1C. The fourth-order valence-electron chi connectivity index (χ4n) is 9.65. The van der Waals surface area contributed by atoms with Gasteiger partial charge in [0, 0.05) is 22.3 Å². The number of rotatable bonds is 8. The topological polar surface area (TPSA) is 46.9 Å². The highest BCUT2D eigenvalue weighted by molar-refractivity contribution is 6.35. The van der Waals surface area contributed by atoms with Gasteiger partial charge in [0.1, 0.15) is 19.3 Å². The molecule has 0 spiro atoms. The van der Waals surface area contributed by atoms with Crippen molar-refractivity contribution in [2.75, 3.05) is 9.80 Å². The molecule has 0 radical (unpaired) electrons. The summed E-state index contributed by atoms with van der Waals surface area (Å²) in [6, 6.07) is 47.6. The number of fused-ring (bicyclic) bond motifs is 2. The molecule has 0 saturated heterocycles. The van der Waals surface area contributed by atoms with E-state index in [1.54, 1.807) is 0 Å². The van der Waals surface area contributed by atoms with Gasteiger partial charge >= 0.3 is 0 Å². The van der Waals surface area contributed by atoms with Gasteiger partial charge in [0.05, 0.1) is 22.7 Å². The lowest BCUT2D eigenvalue weighted by Gasteiger charge is -2.33. The van der Waals surface area contributed by atoms with Crippen molar-refractivity contribution in [3.8, 4) is 33.8 Å². The van der Waals surface area contributed by atoms with Crippen LogP contribution in [0, 0.1) is 48.5 Å². The van der Waals surface area contributed by atoms with Crippen molar-refractivity contribution in [2.45, 2.75) is 67.7 Å². The molecule has 9 rings (SSSR count). The van der Waals surface area contributed by atoms with E-state index in [0.29, 0.717) is 17.4 Å². The van der Waals surface area contributed by atoms with E-state index < -0.39 is 0 Å². The summed E-state index contributed by atoms with van der Waals surface area (Å²) in [4.78, 5) is 4.48. The summed E-state index contributed by atoms with van der Waals surface area (Å²) in [5.41, 5.74) is 21.2. The third-order valence-electron chi connectivity index (χ3n) is 14.1. The van der Waals surface area contributed by atoms with E-state index in [0.717, 1.165) is 107 Å². The molecule has 0 aromatic heterocycles. The van der Waals surface area contributed by atoms with Crippen LogP contribution >= 0.6 is 0 Å². The van der Waals surface area contributed by atoms with Crippen LogP contribution in [0.1, 0.15) is 69.3 Å². The molecule has 1 atom stereocenters. The molecular formula is C58H55BN2O2. The van der Waals surface area contributed by atoms with E-state index in [9.17, 15) is 10.2 Å². The molecule has 312 valence electrons. The monoisotopic (exact) mass is 822 g/mol. The maximum atomic E-state index is 11.9. The van der Waals surface area contributed by atoms with Crippen LogP contribution in [0.15, 0.2) is 140 Å². The van der Waals surface area contributed by atoms with Gasteiger partial charge in [0.15, 0.2) is 0 Å². The van der Waals surface area contributed by atoms with Gasteiger partial charge in [0.2, 0.25) is 0 Å². The van der Waals surface area contributed by atoms with Gasteiger partial charge in [-0.25, -0.2) is 0 Å². The second-order valence-electron chi connectivity index (χ2n) is 17.6. The van der Waals surface area contributed by atoms with Crippen molar-refractivity contribution in [2.24, 2.45) is 0 Å². The van der Waals surface area contributed by atoms with Crippen LogP contribution in [0.2, 0.25) is 0 Å². The predicted octanol–water partition coefficient (Wildman–Crippen LogP) is 14.5. The third kappa shape index (κ3) is 7.06. The van der Waals surface area contributed by atoms with Crippen LogP contribution in [0.5, 0.6) is 11.5 Å². The summed E-state index contributed by atoms with van der Waals surface area (Å²) < 4.78 is 0. The van der Waals surface area contributed by atoms with Gasteiger partial charge in [-0.05, 0) is 170 Å². The maximum Gasteiger partial charge on any atom is 0.143 e. The van der Waals surface area contributed by atoms with Gasteiger partial charge < -0.3 is 20.0 Å². The quantitative estimate of drug-likeness (QED) is 0.150. The van der Waals surface area contributed by atoms with E-state index in [1.807, 2.05) is 13.8 Å². The predicted molar refractivity (Wildman–Crippen MR) is 271 cm³/mol. The molecule has 2 N–H and O–H groups in total. The smallest absolute Gasteiger partial charge is 0.143 e. The van der Waals surface area contributed by atoms with Gasteiger partial charge in [0.25, 0.3) is 0 Å². The minimum atomic E-state index is 0.306. The zero-order valence-electron chi connectivity index (χ0n) is 37.9. The number of nitrogens with zero attached hydrogens (tertiary/aromatic N) is 2. The maximum absolute atomic E-state index is 11.9. The minimum Gasteiger partial charge on any atom is -0.505 e. The average molecular weight is 823 g/mol. The molecule has 8 aromatic rings. The van der Waals surface area contributed by atoms with E-state index >= 15 is 0 Å². The summed E-state index contributed by atoms with van der Waals surface area (Å²) in [5.74, 6) is 1.04. The van der Waals surface area contributed by atoms with Gasteiger partial charge in [-0.2, -0.15) is 0 Å². The number of phenolic OH excluding ortho intramolecular Hbond substituents is 2. The molecular weight excluding hydrogens is 767 g/mol. The Morgan fingerprint density at radius 3 is 1.65 bits per heavy atom. The van der Waals surface area contributed by atoms with Gasteiger partial charge in [-0.1, -0.05) is 121 Å². The summed E-state index contributed by atoms with van der Waals surface area (Å²) in [6.07, 6.45) is 5.54. The number of hydrogen-bond acceptors (Lipinski definition) is 4. The molecule has 0 fully saturated rings. The molecule has 4 nitrogen and oxygen atoms in total. The first-order chi connectivity index (χ1) is 30.3. The fourth-order valence-corrected chi connectivity index (χ4v) is 9.65. The lowest BCUT2D eigenvalue weighted by molar-refractivity contribution is 0.471. The molecule has 0 aliphatic heterocycles. The Balaban J connectivity index is 1.10. The first kappa shape index (κ1) is 41.4. The molecule has 0 amide bonds. The number of phenols is 2. The normalized spacial score (nSPS) is 13.3. The Morgan fingerprint density at radius 2 is 1.00 bits per heavy atom. The van der Waals surface area contributed by atoms with E-state index in [2.05, 4.69) is 205 Å². The van der Waals surface area contributed by atoms with Crippen molar-refractivity contribution >= 4 is 64.3 Å². The van der Waals surface area contributed by atoms with Crippen LogP contribution in [-0.4, -0.2) is 18.1 Å². The molecule has 0 bridgehead atoms. The lowest BCUT2D eigenvalue weighted by atomic mass is 9.82. The first-order valence-electron chi connectivity index (χ1n) is 22.1. The van der Waals surface area contributed by atoms with Crippen LogP contribution in [0.4, 0.5) is 34.1 Å². The largest absolute Gasteiger partial charge is 0.505 e.